The third kappa shape index (κ3) is 6.09. The summed E-state index contributed by atoms with van der Waals surface area (Å²) in [7, 11) is 0. The summed E-state index contributed by atoms with van der Waals surface area (Å²) in [5.41, 5.74) is 2.57. The zero-order valence-corrected chi connectivity index (χ0v) is 14.9. The second-order valence-electron chi connectivity index (χ2n) is 6.59. The highest BCUT2D eigenvalue weighted by molar-refractivity contribution is 9.10. The third-order valence-electron chi connectivity index (χ3n) is 4.15. The van der Waals surface area contributed by atoms with E-state index in [4.69, 9.17) is 4.74 Å². The molecule has 2 nitrogen and oxygen atoms in total. The zero-order valence-electron chi connectivity index (χ0n) is 13.3. The lowest BCUT2D eigenvalue weighted by molar-refractivity contribution is 0.0946. The molecule has 0 heterocycles. The molecule has 1 aromatic rings. The summed E-state index contributed by atoms with van der Waals surface area (Å²) >= 11 is 3.67. The van der Waals surface area contributed by atoms with Crippen LogP contribution in [0.1, 0.15) is 50.7 Å². The van der Waals surface area contributed by atoms with Crippen LogP contribution in [-0.4, -0.2) is 13.2 Å². The minimum atomic E-state index is 0.691. The molecular formula is C18H28BrNO. The van der Waals surface area contributed by atoms with Crippen LogP contribution in [-0.2, 0) is 17.9 Å². The summed E-state index contributed by atoms with van der Waals surface area (Å²) in [5.74, 6) is 1.62. The van der Waals surface area contributed by atoms with Gasteiger partial charge in [0.25, 0.3) is 0 Å². The molecule has 1 aromatic carbocycles. The molecule has 1 aliphatic carbocycles. The Morgan fingerprint density at radius 2 is 2.14 bits per heavy atom. The predicted molar refractivity (Wildman–Crippen MR) is 92.3 cm³/mol. The van der Waals surface area contributed by atoms with Gasteiger partial charge in [0.15, 0.2) is 0 Å². The van der Waals surface area contributed by atoms with Gasteiger partial charge in [0.2, 0.25) is 0 Å². The lowest BCUT2D eigenvalue weighted by atomic mass is 9.83. The molecule has 1 fully saturated rings. The first kappa shape index (κ1) is 17.0. The van der Waals surface area contributed by atoms with Crippen LogP contribution in [0.15, 0.2) is 22.7 Å². The molecule has 0 saturated heterocycles. The quantitative estimate of drug-likeness (QED) is 0.637. The maximum atomic E-state index is 5.81. The largest absolute Gasteiger partial charge is 0.377 e. The molecule has 0 amide bonds. The van der Waals surface area contributed by atoms with E-state index in [9.17, 15) is 0 Å². The minimum Gasteiger partial charge on any atom is -0.377 e. The van der Waals surface area contributed by atoms with Crippen LogP contribution in [0, 0.1) is 11.8 Å². The molecule has 0 atom stereocenters. The van der Waals surface area contributed by atoms with Gasteiger partial charge in [-0.15, -0.1) is 0 Å². The van der Waals surface area contributed by atoms with Crippen molar-refractivity contribution in [2.45, 2.75) is 52.7 Å². The van der Waals surface area contributed by atoms with Crippen LogP contribution < -0.4 is 5.32 Å². The van der Waals surface area contributed by atoms with Gasteiger partial charge in [-0.3, -0.25) is 0 Å². The summed E-state index contributed by atoms with van der Waals surface area (Å²) in [4.78, 5) is 0. The van der Waals surface area contributed by atoms with E-state index in [2.05, 4.69) is 53.3 Å². The van der Waals surface area contributed by atoms with E-state index in [1.54, 1.807) is 0 Å². The highest BCUT2D eigenvalue weighted by Crippen LogP contribution is 2.29. The van der Waals surface area contributed by atoms with Crippen molar-refractivity contribution in [2.24, 2.45) is 11.8 Å². The van der Waals surface area contributed by atoms with Gasteiger partial charge >= 0.3 is 0 Å². The van der Waals surface area contributed by atoms with Crippen molar-refractivity contribution in [2.75, 3.05) is 13.2 Å². The average molecular weight is 354 g/mol. The SMILES string of the molecule is CC(C)CNCc1ccc(COCCC2CCC2)c(Br)c1. The Bertz CT molecular complexity index is 429. The van der Waals surface area contributed by atoms with Crippen LogP contribution >= 0.6 is 15.9 Å². The first-order valence-corrected chi connectivity index (χ1v) is 9.00. The van der Waals surface area contributed by atoms with Crippen molar-refractivity contribution < 1.29 is 4.74 Å². The van der Waals surface area contributed by atoms with Crippen molar-refractivity contribution in [3.63, 3.8) is 0 Å². The number of benzene rings is 1. The van der Waals surface area contributed by atoms with Gasteiger partial charge in [0.1, 0.15) is 0 Å². The highest BCUT2D eigenvalue weighted by Gasteiger charge is 2.16. The molecule has 1 N–H and O–H groups in total. The predicted octanol–water partition coefficient (Wildman–Crippen LogP) is 4.90. The average Bonchev–Trinajstić information content (AvgIpc) is 2.38. The second kappa shape index (κ2) is 8.92. The lowest BCUT2D eigenvalue weighted by Crippen LogP contribution is -2.18. The summed E-state index contributed by atoms with van der Waals surface area (Å²) in [6.45, 7) is 8.06. The monoisotopic (exact) mass is 353 g/mol. The van der Waals surface area contributed by atoms with E-state index in [0.29, 0.717) is 12.5 Å². The number of nitrogens with one attached hydrogen (secondary N) is 1. The molecule has 1 saturated carbocycles. The van der Waals surface area contributed by atoms with Crippen molar-refractivity contribution in [1.29, 1.82) is 0 Å². The molecule has 0 bridgehead atoms. The van der Waals surface area contributed by atoms with E-state index in [-0.39, 0.29) is 0 Å². The Kier molecular flexibility index (Phi) is 7.21. The second-order valence-corrected chi connectivity index (χ2v) is 7.44. The summed E-state index contributed by atoms with van der Waals surface area (Å²) in [5, 5.41) is 3.47. The Hall–Kier alpha value is -0.380. The summed E-state index contributed by atoms with van der Waals surface area (Å²) in [6, 6.07) is 6.58. The molecule has 1 aliphatic rings. The van der Waals surface area contributed by atoms with Gasteiger partial charge in [0.05, 0.1) is 6.61 Å². The van der Waals surface area contributed by atoms with Gasteiger partial charge in [-0.25, -0.2) is 0 Å². The van der Waals surface area contributed by atoms with Crippen molar-refractivity contribution >= 4 is 15.9 Å². The molecule has 118 valence electrons. The number of ether oxygens (including phenoxy) is 1. The van der Waals surface area contributed by atoms with Gasteiger partial charge in [-0.2, -0.15) is 0 Å². The zero-order chi connectivity index (χ0) is 15.1. The van der Waals surface area contributed by atoms with Gasteiger partial charge in [0, 0.05) is 17.6 Å². The van der Waals surface area contributed by atoms with Crippen LogP contribution in [0.5, 0.6) is 0 Å². The van der Waals surface area contributed by atoms with Crippen LogP contribution in [0.2, 0.25) is 0 Å². The first-order chi connectivity index (χ1) is 10.1. The molecule has 0 radical (unpaired) electrons. The van der Waals surface area contributed by atoms with E-state index < -0.39 is 0 Å². The number of hydrogen-bond acceptors (Lipinski definition) is 2. The molecular weight excluding hydrogens is 326 g/mol. The molecule has 0 aliphatic heterocycles. The van der Waals surface area contributed by atoms with E-state index >= 15 is 0 Å². The van der Waals surface area contributed by atoms with E-state index in [1.165, 1.54) is 36.8 Å². The van der Waals surface area contributed by atoms with Crippen molar-refractivity contribution in [1.82, 2.24) is 5.32 Å². The van der Waals surface area contributed by atoms with Crippen molar-refractivity contribution in [3.05, 3.63) is 33.8 Å². The lowest BCUT2D eigenvalue weighted by Gasteiger charge is -2.24. The van der Waals surface area contributed by atoms with Gasteiger partial charge < -0.3 is 10.1 Å². The first-order valence-electron chi connectivity index (χ1n) is 8.21. The minimum absolute atomic E-state index is 0.691. The number of rotatable bonds is 9. The fourth-order valence-electron chi connectivity index (χ4n) is 2.54. The summed E-state index contributed by atoms with van der Waals surface area (Å²) < 4.78 is 6.98. The number of hydrogen-bond donors (Lipinski definition) is 1. The third-order valence-corrected chi connectivity index (χ3v) is 4.89. The fraction of sp³-hybridized carbons (Fsp3) is 0.667. The maximum absolute atomic E-state index is 5.81. The van der Waals surface area contributed by atoms with Crippen LogP contribution in [0.25, 0.3) is 0 Å². The fourth-order valence-corrected chi connectivity index (χ4v) is 3.08. The molecule has 0 unspecified atom stereocenters. The normalized spacial score (nSPS) is 15.4. The topological polar surface area (TPSA) is 21.3 Å². The molecule has 0 aromatic heterocycles. The van der Waals surface area contributed by atoms with E-state index in [0.717, 1.165) is 30.1 Å². The summed E-state index contributed by atoms with van der Waals surface area (Å²) in [6.07, 6.45) is 5.47. The molecule has 3 heteroatoms. The maximum Gasteiger partial charge on any atom is 0.0727 e. The molecule has 0 spiro atoms. The Labute approximate surface area is 137 Å². The van der Waals surface area contributed by atoms with E-state index in [1.807, 2.05) is 0 Å². The Morgan fingerprint density at radius 1 is 1.33 bits per heavy atom. The Morgan fingerprint density at radius 3 is 2.76 bits per heavy atom. The Balaban J connectivity index is 1.70. The van der Waals surface area contributed by atoms with Gasteiger partial charge in [-0.1, -0.05) is 61.2 Å². The van der Waals surface area contributed by atoms with Crippen LogP contribution in [0.4, 0.5) is 0 Å². The molecule has 2 rings (SSSR count). The highest BCUT2D eigenvalue weighted by atomic mass is 79.9. The van der Waals surface area contributed by atoms with Crippen molar-refractivity contribution in [3.8, 4) is 0 Å². The molecule has 21 heavy (non-hydrogen) atoms. The standard InChI is InChI=1S/C18H28BrNO/c1-14(2)11-20-12-16-6-7-17(18(19)10-16)13-21-9-8-15-4-3-5-15/h6-7,10,14-15,20H,3-5,8-9,11-13H2,1-2H3. The number of halogens is 1. The van der Waals surface area contributed by atoms with Crippen LogP contribution in [0.3, 0.4) is 0 Å². The smallest absolute Gasteiger partial charge is 0.0727 e. The van der Waals surface area contributed by atoms with Gasteiger partial charge in [-0.05, 0) is 42.0 Å².